The minimum Gasteiger partial charge on any atom is -0.456 e. The van der Waals surface area contributed by atoms with E-state index in [0.717, 1.165) is 39.0 Å². The average molecular weight is 651 g/mol. The fourth-order valence-corrected chi connectivity index (χ4v) is 8.17. The first-order valence-electron chi connectivity index (χ1n) is 17.4. The van der Waals surface area contributed by atoms with Crippen LogP contribution in [0.1, 0.15) is 0 Å². The van der Waals surface area contributed by atoms with E-state index in [1.807, 2.05) is 12.1 Å². The first kappa shape index (κ1) is 28.0. The number of aromatic nitrogens is 1. The van der Waals surface area contributed by atoms with Gasteiger partial charge in [-0.05, 0) is 82.9 Å². The van der Waals surface area contributed by atoms with Crippen molar-refractivity contribution in [3.05, 3.63) is 182 Å². The maximum absolute atomic E-state index is 6.22. The Balaban J connectivity index is 1.09. The van der Waals surface area contributed by atoms with Crippen LogP contribution in [-0.4, -0.2) is 4.40 Å². The van der Waals surface area contributed by atoms with Crippen molar-refractivity contribution >= 4 is 77.1 Å². The van der Waals surface area contributed by atoms with E-state index in [0.29, 0.717) is 0 Å². The summed E-state index contributed by atoms with van der Waals surface area (Å²) in [5, 5.41) is 7.40. The summed E-state index contributed by atoms with van der Waals surface area (Å²) in [5.74, 6) is 0. The van der Waals surface area contributed by atoms with Crippen LogP contribution in [0.4, 0.5) is 17.1 Å². The molecule has 11 aromatic rings. The zero-order chi connectivity index (χ0) is 33.5. The number of hydrogen-bond acceptors (Lipinski definition) is 2. The molecule has 0 N–H and O–H groups in total. The Morgan fingerprint density at radius 2 is 0.922 bits per heavy atom. The lowest BCUT2D eigenvalue weighted by Gasteiger charge is -2.26. The summed E-state index contributed by atoms with van der Waals surface area (Å²) in [6.07, 6.45) is 0. The fraction of sp³-hybridized carbons (Fsp3) is 0. The molecule has 11 rings (SSSR count). The van der Waals surface area contributed by atoms with Gasteiger partial charge in [-0.25, -0.2) is 0 Å². The minimum atomic E-state index is 0.888. The maximum atomic E-state index is 6.22. The van der Waals surface area contributed by atoms with Gasteiger partial charge >= 0.3 is 0 Å². The van der Waals surface area contributed by atoms with Crippen LogP contribution in [-0.2, 0) is 0 Å². The summed E-state index contributed by atoms with van der Waals surface area (Å²) in [7, 11) is 0. The molecule has 0 fully saturated rings. The molecule has 0 aliphatic carbocycles. The molecule has 3 heteroatoms. The van der Waals surface area contributed by atoms with E-state index in [1.54, 1.807) is 0 Å². The van der Waals surface area contributed by atoms with Gasteiger partial charge < -0.3 is 13.7 Å². The summed E-state index contributed by atoms with van der Waals surface area (Å²) < 4.78 is 8.67. The number of fused-ring (bicyclic) bond motifs is 9. The number of nitrogens with zero attached hydrogens (tertiary/aromatic N) is 2. The number of hydrogen-bond donors (Lipinski definition) is 0. The lowest BCUT2D eigenvalue weighted by Crippen LogP contribution is -2.10. The van der Waals surface area contributed by atoms with Crippen molar-refractivity contribution in [3.8, 4) is 22.3 Å². The summed E-state index contributed by atoms with van der Waals surface area (Å²) >= 11 is 0. The van der Waals surface area contributed by atoms with Gasteiger partial charge in [0.2, 0.25) is 0 Å². The summed E-state index contributed by atoms with van der Waals surface area (Å²) in [4.78, 5) is 2.35. The van der Waals surface area contributed by atoms with E-state index in [9.17, 15) is 0 Å². The third kappa shape index (κ3) is 4.25. The summed E-state index contributed by atoms with van der Waals surface area (Å²) in [6, 6.07) is 65.5. The highest BCUT2D eigenvalue weighted by atomic mass is 16.3. The van der Waals surface area contributed by atoms with E-state index >= 15 is 0 Å². The van der Waals surface area contributed by atoms with Crippen LogP contribution < -0.4 is 4.90 Å². The third-order valence-corrected chi connectivity index (χ3v) is 10.5. The number of anilines is 3. The molecule has 0 aliphatic heterocycles. The third-order valence-electron chi connectivity index (χ3n) is 10.5. The molecule has 3 aromatic heterocycles. The van der Waals surface area contributed by atoms with Crippen LogP contribution in [0.2, 0.25) is 0 Å². The number of para-hydroxylation sites is 3. The first-order chi connectivity index (χ1) is 25.3. The van der Waals surface area contributed by atoms with Gasteiger partial charge in [0.1, 0.15) is 11.2 Å². The molecule has 0 amide bonds. The van der Waals surface area contributed by atoms with Crippen molar-refractivity contribution in [3.63, 3.8) is 0 Å². The van der Waals surface area contributed by atoms with Crippen molar-refractivity contribution < 1.29 is 4.42 Å². The Morgan fingerprint density at radius 1 is 0.333 bits per heavy atom. The van der Waals surface area contributed by atoms with Gasteiger partial charge in [-0.2, -0.15) is 0 Å². The first-order valence-corrected chi connectivity index (χ1v) is 17.4. The molecule has 0 bridgehead atoms. The van der Waals surface area contributed by atoms with Gasteiger partial charge in [0.25, 0.3) is 0 Å². The van der Waals surface area contributed by atoms with E-state index in [2.05, 4.69) is 179 Å². The van der Waals surface area contributed by atoms with Gasteiger partial charge in [0.15, 0.2) is 0 Å². The molecule has 0 unspecified atom stereocenters. The fourth-order valence-electron chi connectivity index (χ4n) is 8.17. The number of benzene rings is 8. The molecule has 0 spiro atoms. The Bertz CT molecular complexity index is 3080. The molecule has 8 aromatic carbocycles. The molecule has 0 aliphatic rings. The topological polar surface area (TPSA) is 20.8 Å². The monoisotopic (exact) mass is 650 g/mol. The molecule has 0 saturated carbocycles. The zero-order valence-corrected chi connectivity index (χ0v) is 27.6. The molecule has 238 valence electrons. The maximum Gasteiger partial charge on any atom is 0.135 e. The van der Waals surface area contributed by atoms with Gasteiger partial charge in [-0.3, -0.25) is 0 Å². The Labute approximate surface area is 294 Å². The highest BCUT2D eigenvalue weighted by molar-refractivity contribution is 6.23. The molecule has 3 nitrogen and oxygen atoms in total. The quantitative estimate of drug-likeness (QED) is 0.185. The van der Waals surface area contributed by atoms with Crippen molar-refractivity contribution in [2.75, 3.05) is 4.90 Å². The summed E-state index contributed by atoms with van der Waals surface area (Å²) in [5.41, 5.74) is 13.6. The largest absolute Gasteiger partial charge is 0.456 e. The van der Waals surface area contributed by atoms with Gasteiger partial charge in [-0.1, -0.05) is 121 Å². The Morgan fingerprint density at radius 3 is 1.78 bits per heavy atom. The molecule has 51 heavy (non-hydrogen) atoms. The number of furan rings is 1. The van der Waals surface area contributed by atoms with Gasteiger partial charge in [0.05, 0.1) is 16.6 Å². The zero-order valence-electron chi connectivity index (χ0n) is 27.6. The molecule has 0 saturated heterocycles. The predicted molar refractivity (Wildman–Crippen MR) is 214 cm³/mol. The molecule has 0 radical (unpaired) electrons. The van der Waals surface area contributed by atoms with Crippen LogP contribution in [0.3, 0.4) is 0 Å². The van der Waals surface area contributed by atoms with Crippen LogP contribution in [0.5, 0.6) is 0 Å². The molecule has 3 heterocycles. The van der Waals surface area contributed by atoms with Gasteiger partial charge in [0, 0.05) is 49.4 Å². The Hall–Kier alpha value is -6.84. The van der Waals surface area contributed by atoms with Crippen molar-refractivity contribution in [2.45, 2.75) is 0 Å². The highest BCUT2D eigenvalue weighted by Crippen LogP contribution is 2.43. The molecule has 0 atom stereocenters. The van der Waals surface area contributed by atoms with E-state index in [4.69, 9.17) is 4.42 Å². The lowest BCUT2D eigenvalue weighted by atomic mass is 10.0. The minimum absolute atomic E-state index is 0.888. The van der Waals surface area contributed by atoms with Crippen LogP contribution in [0.25, 0.3) is 82.3 Å². The SMILES string of the molecule is c1ccc(-c2ccc(N(c3cccc(-c4ccc5c6cccc7c8ccccc8n(c5c4)c76)c3)c3ccc4oc5ccccc5c4c3)cc2)cc1. The molecular formula is C48H30N2O. The number of rotatable bonds is 5. The summed E-state index contributed by atoms with van der Waals surface area (Å²) in [6.45, 7) is 0. The van der Waals surface area contributed by atoms with Crippen molar-refractivity contribution in [1.29, 1.82) is 0 Å². The second kappa shape index (κ2) is 10.8. The van der Waals surface area contributed by atoms with Crippen LogP contribution in [0, 0.1) is 0 Å². The van der Waals surface area contributed by atoms with Crippen molar-refractivity contribution in [1.82, 2.24) is 4.40 Å². The highest BCUT2D eigenvalue weighted by Gasteiger charge is 2.19. The average Bonchev–Trinajstić information content (AvgIpc) is 3.86. The van der Waals surface area contributed by atoms with E-state index in [1.165, 1.54) is 60.3 Å². The normalized spacial score (nSPS) is 11.9. The predicted octanol–water partition coefficient (Wildman–Crippen LogP) is 13.5. The standard InChI is InChI=1S/C48H30N2O/c1-2-10-31(11-3-1)32-20-23-35(24-21-32)49(37-25-27-47-43(30-37)40-15-5-7-19-46(40)51-47)36-13-8-12-33(28-36)34-22-26-39-42-17-9-16-41-38-14-4-6-18-44(38)50(48(41)42)45(39)29-34/h1-30H. The van der Waals surface area contributed by atoms with Gasteiger partial charge in [-0.15, -0.1) is 0 Å². The van der Waals surface area contributed by atoms with Crippen LogP contribution >= 0.6 is 0 Å². The van der Waals surface area contributed by atoms with E-state index < -0.39 is 0 Å². The smallest absolute Gasteiger partial charge is 0.135 e. The second-order valence-corrected chi connectivity index (χ2v) is 13.4. The van der Waals surface area contributed by atoms with Crippen molar-refractivity contribution in [2.24, 2.45) is 0 Å². The van der Waals surface area contributed by atoms with E-state index in [-0.39, 0.29) is 0 Å². The molecular weight excluding hydrogens is 621 g/mol. The Kier molecular flexibility index (Phi) is 5.96. The van der Waals surface area contributed by atoms with Crippen LogP contribution in [0.15, 0.2) is 186 Å². The second-order valence-electron chi connectivity index (χ2n) is 13.4. The lowest BCUT2D eigenvalue weighted by molar-refractivity contribution is 0.669.